The third-order valence-corrected chi connectivity index (χ3v) is 5.08. The second-order valence-electron chi connectivity index (χ2n) is 5.44. The summed E-state index contributed by atoms with van der Waals surface area (Å²) in [6, 6.07) is 6.11. The molecule has 0 radical (unpaired) electrons. The van der Waals surface area contributed by atoms with E-state index in [1.54, 1.807) is 11.8 Å². The van der Waals surface area contributed by atoms with Gasteiger partial charge < -0.3 is 14.8 Å². The number of carbonyl (C=O) groups is 1. The minimum atomic E-state index is 0.00236. The van der Waals surface area contributed by atoms with E-state index >= 15 is 0 Å². The highest BCUT2D eigenvalue weighted by atomic mass is 32.2. The van der Waals surface area contributed by atoms with E-state index < -0.39 is 0 Å². The number of nitrogens with one attached hydrogen (secondary N) is 1. The molecule has 1 N–H and O–H groups in total. The third-order valence-electron chi connectivity index (χ3n) is 4.16. The Balaban J connectivity index is 1.68. The number of thioether (sulfide) groups is 1. The van der Waals surface area contributed by atoms with Crippen LogP contribution >= 0.6 is 11.8 Å². The van der Waals surface area contributed by atoms with Gasteiger partial charge in [-0.05, 0) is 43.7 Å². The van der Waals surface area contributed by atoms with Crippen molar-refractivity contribution in [2.45, 2.75) is 30.4 Å². The predicted molar refractivity (Wildman–Crippen MR) is 79.5 cm³/mol. The molecular formula is C15H19NO3S. The molecule has 1 amide bonds. The van der Waals surface area contributed by atoms with Crippen LogP contribution in [0.25, 0.3) is 0 Å². The first-order chi connectivity index (χ1) is 9.64. The Hall–Kier alpha value is -1.36. The van der Waals surface area contributed by atoms with E-state index in [0.29, 0.717) is 13.3 Å². The summed E-state index contributed by atoms with van der Waals surface area (Å²) in [5, 5.41) is 3.07. The van der Waals surface area contributed by atoms with Gasteiger partial charge in [0.2, 0.25) is 12.7 Å². The van der Waals surface area contributed by atoms with Gasteiger partial charge in [0.05, 0.1) is 5.25 Å². The van der Waals surface area contributed by atoms with E-state index in [0.717, 1.165) is 24.3 Å². The maximum Gasteiger partial charge on any atom is 0.232 e. The number of fused-ring (bicyclic) bond motifs is 1. The van der Waals surface area contributed by atoms with Gasteiger partial charge in [-0.1, -0.05) is 6.07 Å². The van der Waals surface area contributed by atoms with Gasteiger partial charge >= 0.3 is 0 Å². The van der Waals surface area contributed by atoms with Crippen molar-refractivity contribution in [1.29, 1.82) is 0 Å². The zero-order valence-corrected chi connectivity index (χ0v) is 12.6. The SMILES string of the molecule is CSC(C)C(=O)NCC1(c2ccc3c(c2)OCO3)CC1. The Labute approximate surface area is 123 Å². The van der Waals surface area contributed by atoms with Crippen LogP contribution in [0.3, 0.4) is 0 Å². The molecule has 1 aliphatic heterocycles. The molecule has 0 bridgehead atoms. The van der Waals surface area contributed by atoms with E-state index in [9.17, 15) is 4.79 Å². The molecule has 1 unspecified atom stereocenters. The number of hydrogen-bond acceptors (Lipinski definition) is 4. The fraction of sp³-hybridized carbons (Fsp3) is 0.533. The molecule has 1 aliphatic carbocycles. The number of hydrogen-bond donors (Lipinski definition) is 1. The van der Waals surface area contributed by atoms with Crippen molar-refractivity contribution < 1.29 is 14.3 Å². The maximum absolute atomic E-state index is 11.9. The van der Waals surface area contributed by atoms with Crippen LogP contribution in [0.15, 0.2) is 18.2 Å². The van der Waals surface area contributed by atoms with Crippen LogP contribution in [0.2, 0.25) is 0 Å². The second kappa shape index (κ2) is 5.20. The summed E-state index contributed by atoms with van der Waals surface area (Å²) in [5.74, 6) is 1.74. The van der Waals surface area contributed by atoms with E-state index in [2.05, 4.69) is 17.4 Å². The highest BCUT2D eigenvalue weighted by molar-refractivity contribution is 7.99. The van der Waals surface area contributed by atoms with Crippen molar-refractivity contribution in [3.05, 3.63) is 23.8 Å². The van der Waals surface area contributed by atoms with Crippen LogP contribution in [0.4, 0.5) is 0 Å². The molecule has 0 aromatic heterocycles. The van der Waals surface area contributed by atoms with Crippen LogP contribution in [0.5, 0.6) is 11.5 Å². The molecule has 1 fully saturated rings. The quantitative estimate of drug-likeness (QED) is 0.905. The lowest BCUT2D eigenvalue weighted by molar-refractivity contribution is -0.120. The smallest absolute Gasteiger partial charge is 0.232 e. The van der Waals surface area contributed by atoms with Crippen LogP contribution < -0.4 is 14.8 Å². The molecule has 5 heteroatoms. The largest absolute Gasteiger partial charge is 0.454 e. The Morgan fingerprint density at radius 2 is 2.15 bits per heavy atom. The Kier molecular flexibility index (Phi) is 3.54. The van der Waals surface area contributed by atoms with Gasteiger partial charge in [0.1, 0.15) is 0 Å². The molecule has 108 valence electrons. The highest BCUT2D eigenvalue weighted by Gasteiger charge is 2.45. The fourth-order valence-corrected chi connectivity index (χ4v) is 2.75. The average Bonchev–Trinajstić information content (AvgIpc) is 3.12. The molecule has 1 heterocycles. The summed E-state index contributed by atoms with van der Waals surface area (Å²) in [6.07, 6.45) is 4.18. The highest BCUT2D eigenvalue weighted by Crippen LogP contribution is 2.49. The predicted octanol–water partition coefficient (Wildman–Crippen LogP) is 2.31. The lowest BCUT2D eigenvalue weighted by atomic mass is 9.95. The van der Waals surface area contributed by atoms with Crippen LogP contribution in [-0.2, 0) is 10.2 Å². The van der Waals surface area contributed by atoms with Crippen molar-refractivity contribution in [3.63, 3.8) is 0 Å². The topological polar surface area (TPSA) is 47.6 Å². The van der Waals surface area contributed by atoms with Gasteiger partial charge in [-0.25, -0.2) is 0 Å². The van der Waals surface area contributed by atoms with Crippen LogP contribution in [0, 0.1) is 0 Å². The molecular weight excluding hydrogens is 274 g/mol. The Bertz CT molecular complexity index is 528. The van der Waals surface area contributed by atoms with Crippen molar-refractivity contribution in [2.24, 2.45) is 0 Å². The molecule has 0 spiro atoms. The Morgan fingerprint density at radius 1 is 1.40 bits per heavy atom. The summed E-state index contributed by atoms with van der Waals surface area (Å²) < 4.78 is 10.8. The zero-order chi connectivity index (χ0) is 14.2. The number of rotatable bonds is 5. The first-order valence-corrected chi connectivity index (χ1v) is 8.14. The first kappa shape index (κ1) is 13.6. The number of carbonyl (C=O) groups excluding carboxylic acids is 1. The molecule has 20 heavy (non-hydrogen) atoms. The molecule has 4 nitrogen and oxygen atoms in total. The monoisotopic (exact) mass is 293 g/mol. The number of benzene rings is 1. The summed E-state index contributed by atoms with van der Waals surface area (Å²) in [4.78, 5) is 11.9. The van der Waals surface area contributed by atoms with Crippen molar-refractivity contribution >= 4 is 17.7 Å². The summed E-state index contributed by atoms with van der Waals surface area (Å²) in [6.45, 7) is 2.93. The van der Waals surface area contributed by atoms with Crippen molar-refractivity contribution in [2.75, 3.05) is 19.6 Å². The van der Waals surface area contributed by atoms with E-state index in [1.165, 1.54) is 5.56 Å². The van der Waals surface area contributed by atoms with E-state index in [1.807, 2.05) is 19.2 Å². The van der Waals surface area contributed by atoms with Gasteiger partial charge in [-0.2, -0.15) is 11.8 Å². The first-order valence-electron chi connectivity index (χ1n) is 6.85. The molecule has 1 aromatic carbocycles. The molecule has 1 saturated carbocycles. The molecule has 2 aliphatic rings. The van der Waals surface area contributed by atoms with Crippen molar-refractivity contribution in [1.82, 2.24) is 5.32 Å². The van der Waals surface area contributed by atoms with Gasteiger partial charge in [-0.3, -0.25) is 4.79 Å². The number of ether oxygens (including phenoxy) is 2. The zero-order valence-electron chi connectivity index (χ0n) is 11.8. The van der Waals surface area contributed by atoms with Crippen LogP contribution in [0.1, 0.15) is 25.3 Å². The van der Waals surface area contributed by atoms with Crippen molar-refractivity contribution in [3.8, 4) is 11.5 Å². The Morgan fingerprint density at radius 3 is 2.85 bits per heavy atom. The van der Waals surface area contributed by atoms with Gasteiger partial charge in [0.15, 0.2) is 11.5 Å². The van der Waals surface area contributed by atoms with E-state index in [4.69, 9.17) is 9.47 Å². The second-order valence-corrected chi connectivity index (χ2v) is 6.62. The number of amides is 1. The van der Waals surface area contributed by atoms with Gasteiger partial charge in [0, 0.05) is 12.0 Å². The minimum Gasteiger partial charge on any atom is -0.454 e. The lowest BCUT2D eigenvalue weighted by Gasteiger charge is -2.18. The maximum atomic E-state index is 11.9. The lowest BCUT2D eigenvalue weighted by Crippen LogP contribution is -2.36. The van der Waals surface area contributed by atoms with Crippen LogP contribution in [-0.4, -0.2) is 30.8 Å². The molecule has 3 rings (SSSR count). The molecule has 0 saturated heterocycles. The normalized spacial score (nSPS) is 19.5. The van der Waals surface area contributed by atoms with Gasteiger partial charge in [-0.15, -0.1) is 0 Å². The fourth-order valence-electron chi connectivity index (χ4n) is 2.45. The summed E-state index contributed by atoms with van der Waals surface area (Å²) in [5.41, 5.74) is 1.33. The molecule has 1 atom stereocenters. The minimum absolute atomic E-state index is 0.00236. The summed E-state index contributed by atoms with van der Waals surface area (Å²) in [7, 11) is 0. The average molecular weight is 293 g/mol. The third kappa shape index (κ3) is 2.46. The molecule has 1 aromatic rings. The van der Waals surface area contributed by atoms with Gasteiger partial charge in [0.25, 0.3) is 0 Å². The standard InChI is InChI=1S/C15H19NO3S/c1-10(20-2)14(17)16-8-15(5-6-15)11-3-4-12-13(7-11)19-9-18-12/h3-4,7,10H,5-6,8-9H2,1-2H3,(H,16,17). The summed E-state index contributed by atoms with van der Waals surface area (Å²) >= 11 is 1.57. The van der Waals surface area contributed by atoms with E-state index in [-0.39, 0.29) is 16.6 Å².